The topological polar surface area (TPSA) is 364 Å². The van der Waals surface area contributed by atoms with Gasteiger partial charge in [-0.1, -0.05) is 0 Å². The Hall–Kier alpha value is -1.25. The number of aliphatic carboxylic acids is 1. The lowest BCUT2D eigenvalue weighted by atomic mass is 9.83. The van der Waals surface area contributed by atoms with Crippen molar-refractivity contribution in [2.75, 3.05) is 13.2 Å². The van der Waals surface area contributed by atoms with Crippen LogP contribution in [0.2, 0.25) is 0 Å². The first kappa shape index (κ1) is 35.6. The first-order chi connectivity index (χ1) is 20.7. The fourth-order valence-corrected chi connectivity index (χ4v) is 5.88. The Bertz CT molecular complexity index is 958. The second-order valence-corrected chi connectivity index (χ2v) is 11.6. The zero-order valence-electron chi connectivity index (χ0n) is 23.6. The highest BCUT2D eigenvalue weighted by Gasteiger charge is 2.54. The summed E-state index contributed by atoms with van der Waals surface area (Å²) in [6.07, 6.45) is -23.0. The lowest BCUT2D eigenvalue weighted by molar-refractivity contribution is -0.353. The van der Waals surface area contributed by atoms with Gasteiger partial charge in [0.05, 0.1) is 30.9 Å². The lowest BCUT2D eigenvalue weighted by Crippen LogP contribution is -2.70. The van der Waals surface area contributed by atoms with Crippen molar-refractivity contribution in [3.63, 3.8) is 0 Å². The monoisotopic (exact) mass is 643 g/mol. The van der Waals surface area contributed by atoms with Gasteiger partial charge in [0.2, 0.25) is 0 Å². The summed E-state index contributed by atoms with van der Waals surface area (Å²) >= 11 is 0. The van der Waals surface area contributed by atoms with Crippen LogP contribution in [0.15, 0.2) is 0 Å². The molecule has 19 atom stereocenters. The van der Waals surface area contributed by atoms with E-state index in [9.17, 15) is 45.6 Å². The molecule has 20 nitrogen and oxygen atoms in total. The van der Waals surface area contributed by atoms with Crippen molar-refractivity contribution in [2.24, 2.45) is 28.7 Å². The lowest BCUT2D eigenvalue weighted by Gasteiger charge is -2.50. The molecule has 1 aliphatic carbocycles. The fraction of sp³-hybridized carbons (Fsp3) is 0.958. The Morgan fingerprint density at radius 3 is 1.77 bits per heavy atom. The Kier molecular flexibility index (Phi) is 11.9. The number of ether oxygens (including phenoxy) is 6. The van der Waals surface area contributed by atoms with Crippen molar-refractivity contribution >= 4 is 5.97 Å². The zero-order valence-corrected chi connectivity index (χ0v) is 23.6. The average Bonchev–Trinajstić information content (AvgIpc) is 2.97. The van der Waals surface area contributed by atoms with Crippen molar-refractivity contribution in [3.05, 3.63) is 0 Å². The molecule has 0 aromatic rings. The number of rotatable bonds is 9. The van der Waals surface area contributed by atoms with Crippen LogP contribution < -0.4 is 28.7 Å². The van der Waals surface area contributed by atoms with E-state index in [0.717, 1.165) is 0 Å². The second kappa shape index (κ2) is 14.7. The molecule has 256 valence electrons. The molecule has 4 fully saturated rings. The first-order valence-corrected chi connectivity index (χ1v) is 14.3. The van der Waals surface area contributed by atoms with Crippen LogP contribution in [-0.2, 0) is 33.2 Å². The molecule has 1 saturated carbocycles. The normalized spacial score (nSPS) is 52.0. The van der Waals surface area contributed by atoms with E-state index in [1.54, 1.807) is 0 Å². The van der Waals surface area contributed by atoms with Gasteiger partial charge in [-0.3, -0.25) is 0 Å². The third kappa shape index (κ3) is 7.17. The molecule has 0 aromatic heterocycles. The van der Waals surface area contributed by atoms with Gasteiger partial charge in [-0.25, -0.2) is 4.79 Å². The molecule has 3 heterocycles. The fourth-order valence-electron chi connectivity index (χ4n) is 5.88. The van der Waals surface area contributed by atoms with Crippen LogP contribution >= 0.6 is 0 Å². The minimum atomic E-state index is -2.02. The van der Waals surface area contributed by atoms with Crippen molar-refractivity contribution < 1.29 is 74.1 Å². The standard InChI is InChI=1S/C24H45N5O15/c25-3-9-8(31)2-7(28)22(39-9)41-17-5(26)1-6(27)18(42-23-13(33)11(29)12(32)10(4-30)40-23)20(17)44-24-16(36)14(34)15(35)19(43-24)21(37)38/h5-20,22-24,30-36H,1-4,25-29H2,(H,37,38)/t5-,6+,7+,8-,9+,10+,11-,12+,13+,14?,15?,16?,17+,18-,19?,20-,22+,23+,24?/m0/s1. The number of aliphatic hydroxyl groups is 7. The summed E-state index contributed by atoms with van der Waals surface area (Å²) in [5, 5.41) is 81.5. The van der Waals surface area contributed by atoms with E-state index in [1.165, 1.54) is 0 Å². The number of carboxylic acids is 1. The predicted octanol–water partition coefficient (Wildman–Crippen LogP) is -8.38. The summed E-state index contributed by atoms with van der Waals surface area (Å²) < 4.78 is 34.8. The summed E-state index contributed by atoms with van der Waals surface area (Å²) in [7, 11) is 0. The molecule has 0 aromatic carbocycles. The highest BCUT2D eigenvalue weighted by atomic mass is 16.8. The second-order valence-electron chi connectivity index (χ2n) is 11.6. The minimum absolute atomic E-state index is 0.00577. The van der Waals surface area contributed by atoms with E-state index in [4.69, 9.17) is 57.1 Å². The number of hydrogen-bond acceptors (Lipinski definition) is 19. The van der Waals surface area contributed by atoms with Crippen LogP contribution in [0.1, 0.15) is 12.8 Å². The molecule has 5 unspecified atom stereocenters. The van der Waals surface area contributed by atoms with Gasteiger partial charge in [0.25, 0.3) is 0 Å². The molecule has 3 aliphatic heterocycles. The molecule has 0 radical (unpaired) electrons. The molecule has 20 heteroatoms. The van der Waals surface area contributed by atoms with Crippen molar-refractivity contribution in [2.45, 2.75) is 129 Å². The number of carboxylic acid groups (broad SMARTS) is 1. The summed E-state index contributed by atoms with van der Waals surface area (Å²) in [4.78, 5) is 11.7. The van der Waals surface area contributed by atoms with E-state index in [2.05, 4.69) is 0 Å². The molecule has 4 rings (SSSR count). The van der Waals surface area contributed by atoms with Crippen LogP contribution in [0.3, 0.4) is 0 Å². The van der Waals surface area contributed by atoms with Gasteiger partial charge < -0.3 is 97.9 Å². The number of aliphatic hydroxyl groups excluding tert-OH is 7. The Morgan fingerprint density at radius 1 is 0.659 bits per heavy atom. The molecule has 0 bridgehead atoms. The molecular weight excluding hydrogens is 598 g/mol. The Labute approximate surface area is 251 Å². The SMILES string of the molecule is NC[C@H]1O[C@H](O[C@H]2[C@H](OC3OC(C(=O)O)C(O)C(O)C3O)[C@@H](O[C@H]3O[C@H](CO)[C@@H](O)[C@H](N)[C@H]3O)[C@H](N)C[C@@H]2N)[C@H](N)C[C@@H]1O. The third-order valence-electron chi connectivity index (χ3n) is 8.49. The van der Waals surface area contributed by atoms with E-state index in [0.29, 0.717) is 0 Å². The maximum absolute atomic E-state index is 11.7. The van der Waals surface area contributed by atoms with E-state index in [-0.39, 0.29) is 19.4 Å². The highest BCUT2D eigenvalue weighted by Crippen LogP contribution is 2.34. The summed E-state index contributed by atoms with van der Waals surface area (Å²) in [6.45, 7) is -0.756. The minimum Gasteiger partial charge on any atom is -0.479 e. The molecule has 0 spiro atoms. The van der Waals surface area contributed by atoms with Gasteiger partial charge in [-0.05, 0) is 12.8 Å². The van der Waals surface area contributed by atoms with Crippen molar-refractivity contribution in [1.82, 2.24) is 0 Å². The van der Waals surface area contributed by atoms with E-state index < -0.39 is 129 Å². The van der Waals surface area contributed by atoms with Crippen LogP contribution in [-0.4, -0.2) is 176 Å². The number of carbonyl (C=O) groups is 1. The Balaban J connectivity index is 1.66. The summed E-state index contributed by atoms with van der Waals surface area (Å²) in [5.41, 5.74) is 30.6. The molecule has 44 heavy (non-hydrogen) atoms. The number of hydrogen-bond donors (Lipinski definition) is 13. The van der Waals surface area contributed by atoms with Crippen LogP contribution in [0.25, 0.3) is 0 Å². The van der Waals surface area contributed by atoms with E-state index in [1.807, 2.05) is 0 Å². The smallest absolute Gasteiger partial charge is 0.335 e. The molecule has 4 aliphatic rings. The molecule has 18 N–H and O–H groups in total. The average molecular weight is 644 g/mol. The molecule has 0 amide bonds. The molecular formula is C24H45N5O15. The first-order valence-electron chi connectivity index (χ1n) is 14.3. The van der Waals surface area contributed by atoms with Gasteiger partial charge in [0.1, 0.15) is 54.9 Å². The highest BCUT2D eigenvalue weighted by molar-refractivity contribution is 5.73. The maximum atomic E-state index is 11.7. The largest absolute Gasteiger partial charge is 0.479 e. The predicted molar refractivity (Wildman–Crippen MR) is 142 cm³/mol. The summed E-state index contributed by atoms with van der Waals surface area (Å²) in [5.74, 6) is -1.66. The molecule has 3 saturated heterocycles. The Morgan fingerprint density at radius 2 is 1.20 bits per heavy atom. The van der Waals surface area contributed by atoms with Gasteiger partial charge in [-0.2, -0.15) is 0 Å². The van der Waals surface area contributed by atoms with Crippen LogP contribution in [0, 0.1) is 0 Å². The van der Waals surface area contributed by atoms with Gasteiger partial charge in [-0.15, -0.1) is 0 Å². The third-order valence-corrected chi connectivity index (χ3v) is 8.49. The summed E-state index contributed by atoms with van der Waals surface area (Å²) in [6, 6.07) is -4.16. The maximum Gasteiger partial charge on any atom is 0.335 e. The van der Waals surface area contributed by atoms with Crippen molar-refractivity contribution in [3.8, 4) is 0 Å². The van der Waals surface area contributed by atoms with E-state index >= 15 is 0 Å². The van der Waals surface area contributed by atoms with Crippen LogP contribution in [0.4, 0.5) is 0 Å². The van der Waals surface area contributed by atoms with Gasteiger partial charge >= 0.3 is 5.97 Å². The van der Waals surface area contributed by atoms with Crippen molar-refractivity contribution in [1.29, 1.82) is 0 Å². The van der Waals surface area contributed by atoms with Crippen LogP contribution in [0.5, 0.6) is 0 Å². The van der Waals surface area contributed by atoms with Gasteiger partial charge in [0, 0.05) is 18.6 Å². The zero-order chi connectivity index (χ0) is 32.6. The quantitative estimate of drug-likeness (QED) is 0.111. The van der Waals surface area contributed by atoms with Gasteiger partial charge in [0.15, 0.2) is 25.0 Å². The number of nitrogens with two attached hydrogens (primary N) is 5.